The number of halogens is 4. The third kappa shape index (κ3) is 2.93. The zero-order valence-corrected chi connectivity index (χ0v) is 11.8. The molecule has 0 N–H and O–H groups in total. The first-order valence-electron chi connectivity index (χ1n) is 4.92. The molecule has 0 aliphatic rings. The van der Waals surface area contributed by atoms with Gasteiger partial charge in [-0.05, 0) is 35.4 Å². The average Bonchev–Trinajstić information content (AvgIpc) is 2.29. The molecule has 0 saturated heterocycles. The van der Waals surface area contributed by atoms with E-state index in [0.29, 0.717) is 4.47 Å². The molecule has 0 aliphatic heterocycles. The minimum atomic E-state index is -0.292. The van der Waals surface area contributed by atoms with Crippen molar-refractivity contribution in [2.75, 3.05) is 0 Å². The van der Waals surface area contributed by atoms with Crippen molar-refractivity contribution in [2.45, 2.75) is 4.83 Å². The van der Waals surface area contributed by atoms with Gasteiger partial charge in [-0.15, -0.1) is 0 Å². The van der Waals surface area contributed by atoms with Gasteiger partial charge in [0.25, 0.3) is 0 Å². The van der Waals surface area contributed by atoms with Gasteiger partial charge < -0.3 is 0 Å². The molecule has 0 saturated carbocycles. The Bertz CT molecular complexity index is 523. The van der Waals surface area contributed by atoms with Gasteiger partial charge in [0.1, 0.15) is 11.6 Å². The Labute approximate surface area is 115 Å². The monoisotopic (exact) mass is 360 g/mol. The Morgan fingerprint density at radius 2 is 1.47 bits per heavy atom. The number of benzene rings is 2. The number of hydrogen-bond donors (Lipinski definition) is 0. The third-order valence-corrected chi connectivity index (χ3v) is 4.11. The highest BCUT2D eigenvalue weighted by Crippen LogP contribution is 2.35. The largest absolute Gasteiger partial charge is 0.207 e. The summed E-state index contributed by atoms with van der Waals surface area (Å²) in [5.74, 6) is -0.564. The molecule has 4 heteroatoms. The van der Waals surface area contributed by atoms with Gasteiger partial charge in [-0.2, -0.15) is 0 Å². The SMILES string of the molecule is Fc1ccc(C(Br)c2ccc(F)cc2Br)cc1. The third-order valence-electron chi connectivity index (χ3n) is 2.40. The van der Waals surface area contributed by atoms with Gasteiger partial charge in [0.15, 0.2) is 0 Å². The molecule has 0 heterocycles. The van der Waals surface area contributed by atoms with Crippen LogP contribution in [0, 0.1) is 11.6 Å². The number of alkyl halides is 1. The van der Waals surface area contributed by atoms with Crippen LogP contribution in [-0.2, 0) is 0 Å². The molecule has 2 aromatic carbocycles. The van der Waals surface area contributed by atoms with E-state index in [9.17, 15) is 8.78 Å². The molecule has 0 aromatic heterocycles. The predicted octanol–water partition coefficient (Wildman–Crippen LogP) is 5.21. The molecule has 0 fully saturated rings. The van der Waals surface area contributed by atoms with Crippen LogP contribution >= 0.6 is 31.9 Å². The maximum absolute atomic E-state index is 13.0. The molecule has 2 aromatic rings. The molecule has 0 spiro atoms. The Morgan fingerprint density at radius 3 is 2.06 bits per heavy atom. The van der Waals surface area contributed by atoms with Crippen molar-refractivity contribution in [1.82, 2.24) is 0 Å². The molecule has 1 unspecified atom stereocenters. The fraction of sp³-hybridized carbons (Fsp3) is 0.0769. The topological polar surface area (TPSA) is 0 Å². The summed E-state index contributed by atoms with van der Waals surface area (Å²) in [7, 11) is 0. The zero-order chi connectivity index (χ0) is 12.4. The maximum atomic E-state index is 13.0. The molecule has 0 radical (unpaired) electrons. The summed E-state index contributed by atoms with van der Waals surface area (Å²) >= 11 is 6.83. The Hall–Kier alpha value is -0.740. The van der Waals surface area contributed by atoms with Gasteiger partial charge in [-0.1, -0.05) is 50.1 Å². The second-order valence-electron chi connectivity index (χ2n) is 3.58. The van der Waals surface area contributed by atoms with E-state index in [1.165, 1.54) is 24.3 Å². The number of hydrogen-bond acceptors (Lipinski definition) is 0. The van der Waals surface area contributed by atoms with E-state index in [4.69, 9.17) is 0 Å². The summed E-state index contributed by atoms with van der Waals surface area (Å²) in [6, 6.07) is 10.7. The molecule has 0 nitrogen and oxygen atoms in total. The predicted molar refractivity (Wildman–Crippen MR) is 71.3 cm³/mol. The Balaban J connectivity index is 2.36. The van der Waals surface area contributed by atoms with Crippen LogP contribution in [0.25, 0.3) is 0 Å². The van der Waals surface area contributed by atoms with E-state index >= 15 is 0 Å². The lowest BCUT2D eigenvalue weighted by Crippen LogP contribution is -1.94. The highest BCUT2D eigenvalue weighted by Gasteiger charge is 2.13. The van der Waals surface area contributed by atoms with Crippen LogP contribution in [0.15, 0.2) is 46.9 Å². The van der Waals surface area contributed by atoms with Gasteiger partial charge in [0.2, 0.25) is 0 Å². The van der Waals surface area contributed by atoms with Crippen LogP contribution in [-0.4, -0.2) is 0 Å². The van der Waals surface area contributed by atoms with Gasteiger partial charge in [0.05, 0.1) is 4.83 Å². The summed E-state index contributed by atoms with van der Waals surface area (Å²) in [4.78, 5) is -0.0990. The molecular weight excluding hydrogens is 354 g/mol. The standard InChI is InChI=1S/C13H8Br2F2/c14-12-7-10(17)5-6-11(12)13(15)8-1-3-9(16)4-2-8/h1-7,13H. The fourth-order valence-corrected chi connectivity index (χ4v) is 3.11. The van der Waals surface area contributed by atoms with Crippen LogP contribution in [0.3, 0.4) is 0 Å². The summed E-state index contributed by atoms with van der Waals surface area (Å²) in [5.41, 5.74) is 1.82. The van der Waals surface area contributed by atoms with Gasteiger partial charge >= 0.3 is 0 Å². The maximum Gasteiger partial charge on any atom is 0.124 e. The summed E-state index contributed by atoms with van der Waals surface area (Å²) in [6.45, 7) is 0. The molecule has 1 atom stereocenters. The first kappa shape index (κ1) is 12.7. The minimum absolute atomic E-state index is 0.0990. The first-order valence-corrected chi connectivity index (χ1v) is 6.63. The van der Waals surface area contributed by atoms with Crippen LogP contribution in [0.4, 0.5) is 8.78 Å². The number of rotatable bonds is 2. The van der Waals surface area contributed by atoms with Crippen molar-refractivity contribution in [1.29, 1.82) is 0 Å². The smallest absolute Gasteiger partial charge is 0.124 e. The lowest BCUT2D eigenvalue weighted by atomic mass is 10.0. The Morgan fingerprint density at radius 1 is 0.882 bits per heavy atom. The van der Waals surface area contributed by atoms with Crippen molar-refractivity contribution in [3.63, 3.8) is 0 Å². The molecule has 0 amide bonds. The molecular formula is C13H8Br2F2. The van der Waals surface area contributed by atoms with Crippen LogP contribution in [0.5, 0.6) is 0 Å². The lowest BCUT2D eigenvalue weighted by Gasteiger charge is -2.12. The molecule has 88 valence electrons. The molecule has 17 heavy (non-hydrogen) atoms. The van der Waals surface area contributed by atoms with Crippen LogP contribution < -0.4 is 0 Å². The average molecular weight is 362 g/mol. The molecule has 2 rings (SSSR count). The van der Waals surface area contributed by atoms with Gasteiger partial charge in [-0.3, -0.25) is 0 Å². The highest BCUT2D eigenvalue weighted by molar-refractivity contribution is 9.11. The van der Waals surface area contributed by atoms with Gasteiger partial charge in [-0.25, -0.2) is 8.78 Å². The first-order chi connectivity index (χ1) is 8.08. The van der Waals surface area contributed by atoms with Crippen molar-refractivity contribution < 1.29 is 8.78 Å². The summed E-state index contributed by atoms with van der Waals surface area (Å²) < 4.78 is 26.5. The van der Waals surface area contributed by atoms with Crippen molar-refractivity contribution in [2.24, 2.45) is 0 Å². The molecule has 0 bridgehead atoms. The van der Waals surface area contributed by atoms with Crippen LogP contribution in [0.1, 0.15) is 16.0 Å². The second kappa shape index (κ2) is 5.27. The van der Waals surface area contributed by atoms with Gasteiger partial charge in [0, 0.05) is 4.47 Å². The van der Waals surface area contributed by atoms with E-state index in [1.54, 1.807) is 18.2 Å². The lowest BCUT2D eigenvalue weighted by molar-refractivity contribution is 0.626. The molecule has 0 aliphatic carbocycles. The normalized spacial score (nSPS) is 12.5. The van der Waals surface area contributed by atoms with E-state index in [2.05, 4.69) is 31.9 Å². The summed E-state index contributed by atoms with van der Waals surface area (Å²) in [5, 5.41) is 0. The van der Waals surface area contributed by atoms with Crippen molar-refractivity contribution in [3.05, 3.63) is 69.7 Å². The fourth-order valence-electron chi connectivity index (χ4n) is 1.52. The highest BCUT2D eigenvalue weighted by atomic mass is 79.9. The van der Waals surface area contributed by atoms with Crippen LogP contribution in [0.2, 0.25) is 0 Å². The summed E-state index contributed by atoms with van der Waals surface area (Å²) in [6.07, 6.45) is 0. The van der Waals surface area contributed by atoms with Crippen molar-refractivity contribution >= 4 is 31.9 Å². The second-order valence-corrected chi connectivity index (χ2v) is 5.35. The zero-order valence-electron chi connectivity index (χ0n) is 8.63. The Kier molecular flexibility index (Phi) is 3.94. The van der Waals surface area contributed by atoms with E-state index < -0.39 is 0 Å². The van der Waals surface area contributed by atoms with E-state index in [1.807, 2.05) is 0 Å². The minimum Gasteiger partial charge on any atom is -0.207 e. The van der Waals surface area contributed by atoms with E-state index in [-0.39, 0.29) is 16.5 Å². The van der Waals surface area contributed by atoms with Crippen molar-refractivity contribution in [3.8, 4) is 0 Å². The quantitative estimate of drug-likeness (QED) is 0.644. The van der Waals surface area contributed by atoms with E-state index in [0.717, 1.165) is 11.1 Å².